The maximum Gasteiger partial charge on any atom is 0.193 e. The van der Waals surface area contributed by atoms with E-state index in [-0.39, 0.29) is 5.78 Å². The summed E-state index contributed by atoms with van der Waals surface area (Å²) in [5, 5.41) is 2.52. The van der Waals surface area contributed by atoms with E-state index in [0.29, 0.717) is 11.1 Å². The van der Waals surface area contributed by atoms with Crippen LogP contribution in [0.25, 0.3) is 21.9 Å². The highest BCUT2D eigenvalue weighted by Crippen LogP contribution is 2.50. The molecular formula is C31H20O. The standard InChI is InChI=1S/C31H20O/c32-31(23-11-5-2-6-12-23)24-17-15-22(16-18-24)29(21-9-3-1-4-10-21)30-27-19-25-13-7-8-14-26(25)20-28(27)30/h1-20H. The van der Waals surface area contributed by atoms with Crippen LogP contribution in [-0.4, -0.2) is 5.78 Å². The van der Waals surface area contributed by atoms with Crippen molar-refractivity contribution >= 4 is 27.7 Å². The molecule has 1 nitrogen and oxygen atoms in total. The molecule has 0 fully saturated rings. The van der Waals surface area contributed by atoms with Crippen molar-refractivity contribution in [3.05, 3.63) is 155 Å². The molecule has 0 aliphatic heterocycles. The summed E-state index contributed by atoms with van der Waals surface area (Å²) >= 11 is 0. The molecule has 0 N–H and O–H groups in total. The van der Waals surface area contributed by atoms with Crippen molar-refractivity contribution in [3.63, 3.8) is 0 Å². The number of hydrogen-bond donors (Lipinski definition) is 0. The summed E-state index contributed by atoms with van der Waals surface area (Å²) in [5.74, 6) is 0.0482. The molecule has 150 valence electrons. The number of carbonyl (C=O) groups is 1. The van der Waals surface area contributed by atoms with Crippen molar-refractivity contribution < 1.29 is 4.79 Å². The van der Waals surface area contributed by atoms with Crippen molar-refractivity contribution in [2.45, 2.75) is 0 Å². The first-order chi connectivity index (χ1) is 15.8. The van der Waals surface area contributed by atoms with Gasteiger partial charge in [0.25, 0.3) is 0 Å². The van der Waals surface area contributed by atoms with Crippen LogP contribution >= 0.6 is 0 Å². The van der Waals surface area contributed by atoms with Gasteiger partial charge in [0.05, 0.1) is 0 Å². The van der Waals surface area contributed by atoms with E-state index in [0.717, 1.165) is 5.56 Å². The van der Waals surface area contributed by atoms with Gasteiger partial charge in [0, 0.05) is 11.1 Å². The Bertz CT molecular complexity index is 1450. The molecule has 1 aliphatic carbocycles. The normalized spacial score (nSPS) is 11.8. The van der Waals surface area contributed by atoms with Crippen LogP contribution in [0, 0.1) is 0 Å². The number of fused-ring (bicyclic) bond motifs is 2. The Morgan fingerprint density at radius 2 is 0.844 bits per heavy atom. The molecule has 0 amide bonds. The molecule has 0 saturated carbocycles. The maximum atomic E-state index is 12.8. The van der Waals surface area contributed by atoms with Gasteiger partial charge in [-0.25, -0.2) is 0 Å². The van der Waals surface area contributed by atoms with Crippen LogP contribution in [0.15, 0.2) is 121 Å². The van der Waals surface area contributed by atoms with E-state index >= 15 is 0 Å². The van der Waals surface area contributed by atoms with E-state index in [2.05, 4.69) is 72.8 Å². The van der Waals surface area contributed by atoms with Crippen molar-refractivity contribution in [1.29, 1.82) is 0 Å². The fourth-order valence-corrected chi connectivity index (χ4v) is 4.48. The summed E-state index contributed by atoms with van der Waals surface area (Å²) in [4.78, 5) is 12.8. The third kappa shape index (κ3) is 3.16. The van der Waals surface area contributed by atoms with E-state index < -0.39 is 0 Å². The lowest BCUT2D eigenvalue weighted by Gasteiger charge is -2.09. The van der Waals surface area contributed by atoms with Crippen LogP contribution in [-0.2, 0) is 0 Å². The highest BCUT2D eigenvalue weighted by Gasteiger charge is 2.30. The van der Waals surface area contributed by atoms with Gasteiger partial charge in [0.15, 0.2) is 5.78 Å². The first kappa shape index (κ1) is 18.5. The van der Waals surface area contributed by atoms with Gasteiger partial charge in [0.2, 0.25) is 0 Å². The Hall–Kier alpha value is -4.23. The van der Waals surface area contributed by atoms with Crippen molar-refractivity contribution in [1.82, 2.24) is 0 Å². The minimum atomic E-state index is 0.0482. The number of benzene rings is 5. The smallest absolute Gasteiger partial charge is 0.193 e. The molecule has 0 atom stereocenters. The summed E-state index contributed by atoms with van der Waals surface area (Å²) < 4.78 is 0. The van der Waals surface area contributed by atoms with Crippen LogP contribution in [0.2, 0.25) is 0 Å². The monoisotopic (exact) mass is 408 g/mol. The molecule has 0 spiro atoms. The summed E-state index contributed by atoms with van der Waals surface area (Å²) in [6.07, 6.45) is 0. The zero-order valence-electron chi connectivity index (χ0n) is 17.5. The van der Waals surface area contributed by atoms with Crippen LogP contribution < -0.4 is 0 Å². The second-order valence-corrected chi connectivity index (χ2v) is 8.13. The fourth-order valence-electron chi connectivity index (χ4n) is 4.48. The molecule has 0 aromatic heterocycles. The Labute approximate surface area is 187 Å². The number of hydrogen-bond acceptors (Lipinski definition) is 1. The number of rotatable bonds is 4. The van der Waals surface area contributed by atoms with Crippen LogP contribution in [0.3, 0.4) is 0 Å². The lowest BCUT2D eigenvalue weighted by molar-refractivity contribution is 0.103. The van der Waals surface area contributed by atoms with Gasteiger partial charge in [-0.3, -0.25) is 4.79 Å². The highest BCUT2D eigenvalue weighted by atomic mass is 16.1. The Morgan fingerprint density at radius 1 is 0.438 bits per heavy atom. The Balaban J connectivity index is 1.46. The molecule has 0 radical (unpaired) electrons. The molecule has 5 aromatic carbocycles. The van der Waals surface area contributed by atoms with Crippen molar-refractivity contribution in [2.24, 2.45) is 0 Å². The van der Waals surface area contributed by atoms with Crippen molar-refractivity contribution in [3.8, 4) is 0 Å². The summed E-state index contributed by atoms with van der Waals surface area (Å²) in [6, 6.07) is 41.1. The highest BCUT2D eigenvalue weighted by molar-refractivity contribution is 6.18. The molecular weight excluding hydrogens is 388 g/mol. The van der Waals surface area contributed by atoms with Gasteiger partial charge in [0.1, 0.15) is 0 Å². The minimum Gasteiger partial charge on any atom is -0.289 e. The largest absolute Gasteiger partial charge is 0.289 e. The minimum absolute atomic E-state index is 0.0482. The first-order valence-corrected chi connectivity index (χ1v) is 10.8. The van der Waals surface area contributed by atoms with Gasteiger partial charge in [-0.05, 0) is 56.3 Å². The van der Waals surface area contributed by atoms with E-state index in [9.17, 15) is 4.79 Å². The molecule has 1 aliphatic rings. The van der Waals surface area contributed by atoms with Crippen molar-refractivity contribution in [2.75, 3.05) is 0 Å². The van der Waals surface area contributed by atoms with Gasteiger partial charge >= 0.3 is 0 Å². The predicted molar refractivity (Wildman–Crippen MR) is 132 cm³/mol. The molecule has 0 unspecified atom stereocenters. The van der Waals surface area contributed by atoms with E-state index in [4.69, 9.17) is 0 Å². The Morgan fingerprint density at radius 3 is 1.41 bits per heavy atom. The van der Waals surface area contributed by atoms with Gasteiger partial charge in [-0.15, -0.1) is 0 Å². The summed E-state index contributed by atoms with van der Waals surface area (Å²) in [7, 11) is 0. The Kier molecular flexibility index (Phi) is 4.33. The van der Waals surface area contributed by atoms with E-state index in [1.165, 1.54) is 38.6 Å². The molecule has 0 saturated heterocycles. The second kappa shape index (κ2) is 7.47. The lowest BCUT2D eigenvalue weighted by atomic mass is 9.94. The van der Waals surface area contributed by atoms with Gasteiger partial charge in [-0.1, -0.05) is 109 Å². The van der Waals surface area contributed by atoms with E-state index in [1.54, 1.807) is 0 Å². The zero-order chi connectivity index (χ0) is 21.5. The third-order valence-corrected chi connectivity index (χ3v) is 6.15. The molecule has 6 rings (SSSR count). The molecule has 0 bridgehead atoms. The van der Waals surface area contributed by atoms with Crippen LogP contribution in [0.5, 0.6) is 0 Å². The average molecular weight is 409 g/mol. The third-order valence-electron chi connectivity index (χ3n) is 6.15. The fraction of sp³-hybridized carbons (Fsp3) is 0. The van der Waals surface area contributed by atoms with Gasteiger partial charge < -0.3 is 0 Å². The molecule has 0 heterocycles. The van der Waals surface area contributed by atoms with Crippen LogP contribution in [0.1, 0.15) is 38.2 Å². The molecule has 5 aromatic rings. The van der Waals surface area contributed by atoms with E-state index in [1.807, 2.05) is 48.5 Å². The summed E-state index contributed by atoms with van der Waals surface area (Å²) in [6.45, 7) is 0. The first-order valence-electron chi connectivity index (χ1n) is 10.8. The quantitative estimate of drug-likeness (QED) is 0.278. The summed E-state index contributed by atoms with van der Waals surface area (Å²) in [5.41, 5.74) is 8.86. The number of ketones is 1. The van der Waals surface area contributed by atoms with Crippen LogP contribution in [0.4, 0.5) is 0 Å². The topological polar surface area (TPSA) is 17.1 Å². The molecule has 32 heavy (non-hydrogen) atoms. The lowest BCUT2D eigenvalue weighted by Crippen LogP contribution is -2.01. The van der Waals surface area contributed by atoms with Gasteiger partial charge in [-0.2, -0.15) is 0 Å². The SMILES string of the molecule is O=C(c1ccccc1)c1ccc(C(=C2c3cc4ccccc4cc32)c2ccccc2)cc1. The second-order valence-electron chi connectivity index (χ2n) is 8.13. The zero-order valence-corrected chi connectivity index (χ0v) is 17.5. The maximum absolute atomic E-state index is 12.8. The predicted octanol–water partition coefficient (Wildman–Crippen LogP) is 7.39. The number of carbonyl (C=O) groups excluding carboxylic acids is 1. The average Bonchev–Trinajstić information content (AvgIpc) is 3.56. The molecule has 1 heteroatoms.